The third-order valence-electron chi connectivity index (χ3n) is 3.08. The maximum absolute atomic E-state index is 12.5. The molecule has 0 spiro atoms. The summed E-state index contributed by atoms with van der Waals surface area (Å²) >= 11 is 1.59. The van der Waals surface area contributed by atoms with Crippen molar-refractivity contribution >= 4 is 37.1 Å². The maximum Gasteiger partial charge on any atom is 0.265 e. The molecule has 3 aromatic rings. The number of aromatic amines is 1. The van der Waals surface area contributed by atoms with Crippen LogP contribution >= 0.6 is 11.3 Å². The smallest absolute Gasteiger partial charge is 0.265 e. The molecule has 0 aliphatic heterocycles. The van der Waals surface area contributed by atoms with Gasteiger partial charge in [0.25, 0.3) is 10.0 Å². The minimum absolute atomic E-state index is 0.00424. The van der Waals surface area contributed by atoms with Crippen LogP contribution in [-0.4, -0.2) is 23.7 Å². The third-order valence-corrected chi connectivity index (χ3v) is 5.57. The molecule has 2 aromatic heterocycles. The number of aryl methyl sites for hydroxylation is 1. The van der Waals surface area contributed by atoms with Gasteiger partial charge in [0.05, 0.1) is 12.3 Å². The third kappa shape index (κ3) is 2.53. The lowest BCUT2D eigenvalue weighted by Gasteiger charge is -2.08. The van der Waals surface area contributed by atoms with Crippen LogP contribution in [0.5, 0.6) is 0 Å². The zero-order valence-corrected chi connectivity index (χ0v) is 12.8. The number of nitrogens with zero attached hydrogens (tertiary/aromatic N) is 1. The van der Waals surface area contributed by atoms with Crippen molar-refractivity contribution in [3.8, 4) is 0 Å². The van der Waals surface area contributed by atoms with Crippen molar-refractivity contribution < 1.29 is 13.5 Å². The highest BCUT2D eigenvalue weighted by Crippen LogP contribution is 2.26. The molecule has 0 unspecified atom stereocenters. The summed E-state index contributed by atoms with van der Waals surface area (Å²) in [6.07, 6.45) is 0. The minimum Gasteiger partial charge on any atom is -0.390 e. The lowest BCUT2D eigenvalue weighted by atomic mass is 10.2. The quantitative estimate of drug-likeness (QED) is 0.686. The molecule has 0 saturated carbocycles. The molecule has 0 saturated heterocycles. The van der Waals surface area contributed by atoms with Crippen molar-refractivity contribution in [3.05, 3.63) is 41.0 Å². The number of aliphatic hydroxyl groups is 1. The van der Waals surface area contributed by atoms with Gasteiger partial charge in [0.2, 0.25) is 0 Å². The number of hydrogen-bond donors (Lipinski definition) is 3. The first kappa shape index (κ1) is 14.1. The molecular weight excluding hydrogens is 310 g/mol. The molecular formula is C13H13N3O3S2. The van der Waals surface area contributed by atoms with Crippen LogP contribution in [0, 0.1) is 6.92 Å². The second-order valence-corrected chi connectivity index (χ2v) is 7.13. The van der Waals surface area contributed by atoms with Gasteiger partial charge < -0.3 is 5.11 Å². The fourth-order valence-corrected chi connectivity index (χ4v) is 4.35. The predicted molar refractivity (Wildman–Crippen MR) is 81.9 cm³/mol. The number of aromatic nitrogens is 2. The SMILES string of the molecule is Cc1[nH]nc(CO)c1S(=O)(=O)Nc1ccc2sccc2c1. The Hall–Kier alpha value is -1.90. The van der Waals surface area contributed by atoms with Gasteiger partial charge in [0, 0.05) is 10.4 Å². The van der Waals surface area contributed by atoms with Crippen LogP contribution in [0.2, 0.25) is 0 Å². The van der Waals surface area contributed by atoms with E-state index in [1.807, 2.05) is 17.5 Å². The van der Waals surface area contributed by atoms with E-state index in [-0.39, 0.29) is 10.6 Å². The van der Waals surface area contributed by atoms with Crippen LogP contribution in [0.15, 0.2) is 34.5 Å². The van der Waals surface area contributed by atoms with Crippen LogP contribution in [0.4, 0.5) is 5.69 Å². The zero-order chi connectivity index (χ0) is 15.0. The largest absolute Gasteiger partial charge is 0.390 e. The standard InChI is InChI=1S/C13H13N3O3S2/c1-8-13(11(7-17)15-14-8)21(18,19)16-10-2-3-12-9(6-10)4-5-20-12/h2-6,16-17H,7H2,1H3,(H,14,15). The summed E-state index contributed by atoms with van der Waals surface area (Å²) in [7, 11) is -3.80. The van der Waals surface area contributed by atoms with Crippen LogP contribution in [0.3, 0.4) is 0 Å². The van der Waals surface area contributed by atoms with Crippen LogP contribution < -0.4 is 4.72 Å². The van der Waals surface area contributed by atoms with E-state index in [9.17, 15) is 13.5 Å². The first-order valence-electron chi connectivity index (χ1n) is 6.16. The summed E-state index contributed by atoms with van der Waals surface area (Å²) in [4.78, 5) is -0.00424. The molecule has 3 N–H and O–H groups in total. The van der Waals surface area contributed by atoms with Crippen molar-refractivity contribution in [2.75, 3.05) is 4.72 Å². The highest BCUT2D eigenvalue weighted by atomic mass is 32.2. The number of aliphatic hydroxyl groups excluding tert-OH is 1. The van der Waals surface area contributed by atoms with Gasteiger partial charge in [0.1, 0.15) is 10.6 Å². The number of H-pyrrole nitrogens is 1. The Morgan fingerprint density at radius 1 is 1.38 bits per heavy atom. The molecule has 0 aliphatic rings. The van der Waals surface area contributed by atoms with Gasteiger partial charge in [-0.3, -0.25) is 9.82 Å². The molecule has 8 heteroatoms. The van der Waals surface area contributed by atoms with Crippen LogP contribution in [0.25, 0.3) is 10.1 Å². The summed E-state index contributed by atoms with van der Waals surface area (Å²) < 4.78 is 28.5. The number of nitrogens with one attached hydrogen (secondary N) is 2. The molecule has 0 fully saturated rings. The average Bonchev–Trinajstić information content (AvgIpc) is 3.03. The Kier molecular flexibility index (Phi) is 3.44. The summed E-state index contributed by atoms with van der Waals surface area (Å²) in [5.41, 5.74) is 0.977. The Balaban J connectivity index is 2.00. The lowest BCUT2D eigenvalue weighted by Crippen LogP contribution is -2.15. The highest BCUT2D eigenvalue weighted by Gasteiger charge is 2.24. The van der Waals surface area contributed by atoms with E-state index < -0.39 is 16.6 Å². The molecule has 3 rings (SSSR count). The van der Waals surface area contributed by atoms with E-state index >= 15 is 0 Å². The average molecular weight is 323 g/mol. The number of hydrogen-bond acceptors (Lipinski definition) is 5. The topological polar surface area (TPSA) is 95.1 Å². The Bertz CT molecular complexity index is 896. The summed E-state index contributed by atoms with van der Waals surface area (Å²) in [6, 6.07) is 7.29. The van der Waals surface area contributed by atoms with E-state index in [4.69, 9.17) is 0 Å². The second-order valence-electron chi connectivity index (χ2n) is 4.56. The maximum atomic E-state index is 12.5. The normalized spacial score (nSPS) is 11.9. The van der Waals surface area contributed by atoms with Crippen molar-refractivity contribution in [2.24, 2.45) is 0 Å². The fourth-order valence-electron chi connectivity index (χ4n) is 2.17. The van der Waals surface area contributed by atoms with Gasteiger partial charge in [0.15, 0.2) is 0 Å². The van der Waals surface area contributed by atoms with Gasteiger partial charge in [-0.25, -0.2) is 8.42 Å². The van der Waals surface area contributed by atoms with Crippen LogP contribution in [0.1, 0.15) is 11.4 Å². The first-order valence-corrected chi connectivity index (χ1v) is 8.52. The number of sulfonamides is 1. The van der Waals surface area contributed by atoms with E-state index in [0.29, 0.717) is 11.4 Å². The fraction of sp³-hybridized carbons (Fsp3) is 0.154. The molecule has 110 valence electrons. The monoisotopic (exact) mass is 323 g/mol. The predicted octanol–water partition coefficient (Wildman–Crippen LogP) is 2.23. The molecule has 0 atom stereocenters. The molecule has 0 amide bonds. The summed E-state index contributed by atoms with van der Waals surface area (Å²) in [5.74, 6) is 0. The number of benzene rings is 1. The van der Waals surface area contributed by atoms with Crippen molar-refractivity contribution in [1.82, 2.24) is 10.2 Å². The van der Waals surface area contributed by atoms with E-state index in [0.717, 1.165) is 10.1 Å². The minimum atomic E-state index is -3.80. The van der Waals surface area contributed by atoms with Crippen molar-refractivity contribution in [3.63, 3.8) is 0 Å². The first-order chi connectivity index (χ1) is 10.0. The summed E-state index contributed by atoms with van der Waals surface area (Å²) in [5, 5.41) is 18.5. The zero-order valence-electron chi connectivity index (χ0n) is 11.1. The Morgan fingerprint density at radius 3 is 2.95 bits per heavy atom. The number of thiophene rings is 1. The molecule has 0 aliphatic carbocycles. The summed E-state index contributed by atoms with van der Waals surface area (Å²) in [6.45, 7) is 1.16. The number of fused-ring (bicyclic) bond motifs is 1. The second kappa shape index (κ2) is 5.14. The molecule has 2 heterocycles. The van der Waals surface area contributed by atoms with Gasteiger partial charge in [-0.2, -0.15) is 5.10 Å². The van der Waals surface area contributed by atoms with Crippen molar-refractivity contribution in [2.45, 2.75) is 18.4 Å². The Morgan fingerprint density at radius 2 is 2.19 bits per heavy atom. The van der Waals surface area contributed by atoms with Crippen molar-refractivity contribution in [1.29, 1.82) is 0 Å². The van der Waals surface area contributed by atoms with Gasteiger partial charge in [-0.15, -0.1) is 11.3 Å². The van der Waals surface area contributed by atoms with Gasteiger partial charge in [-0.05, 0) is 42.0 Å². The molecule has 6 nitrogen and oxygen atoms in total. The van der Waals surface area contributed by atoms with E-state index in [1.165, 1.54) is 0 Å². The number of rotatable bonds is 4. The molecule has 0 bridgehead atoms. The lowest BCUT2D eigenvalue weighted by molar-refractivity contribution is 0.273. The van der Waals surface area contributed by atoms with E-state index in [2.05, 4.69) is 14.9 Å². The van der Waals surface area contributed by atoms with Gasteiger partial charge in [-0.1, -0.05) is 0 Å². The van der Waals surface area contributed by atoms with E-state index in [1.54, 1.807) is 30.4 Å². The molecule has 0 radical (unpaired) electrons. The number of anilines is 1. The molecule has 1 aromatic carbocycles. The van der Waals surface area contributed by atoms with Gasteiger partial charge >= 0.3 is 0 Å². The highest BCUT2D eigenvalue weighted by molar-refractivity contribution is 7.92. The van der Waals surface area contributed by atoms with Crippen LogP contribution in [-0.2, 0) is 16.6 Å². The molecule has 21 heavy (non-hydrogen) atoms. The Labute approximate surface area is 125 Å².